The third-order valence-corrected chi connectivity index (χ3v) is 4.91. The first kappa shape index (κ1) is 15.9. The van der Waals surface area contributed by atoms with Gasteiger partial charge in [0.15, 0.2) is 0 Å². The van der Waals surface area contributed by atoms with Gasteiger partial charge in [0.05, 0.1) is 0 Å². The summed E-state index contributed by atoms with van der Waals surface area (Å²) in [5.74, 6) is -1.44. The van der Waals surface area contributed by atoms with Crippen LogP contribution in [0.3, 0.4) is 0 Å². The molecule has 3 N–H and O–H groups in total. The summed E-state index contributed by atoms with van der Waals surface area (Å²) in [4.78, 5) is -0.510. The molecule has 2 rings (SSSR count). The largest absolute Gasteiger partial charge is 0.399 e. The van der Waals surface area contributed by atoms with Gasteiger partial charge >= 0.3 is 0 Å². The van der Waals surface area contributed by atoms with Crippen LogP contribution < -0.4 is 10.5 Å². The predicted octanol–water partition coefficient (Wildman–Crippen LogP) is 2.79. The summed E-state index contributed by atoms with van der Waals surface area (Å²) in [6.45, 7) is -0.176. The van der Waals surface area contributed by atoms with Crippen molar-refractivity contribution < 1.29 is 17.2 Å². The van der Waals surface area contributed by atoms with Crippen molar-refractivity contribution in [1.29, 1.82) is 0 Å². The molecule has 21 heavy (non-hydrogen) atoms. The summed E-state index contributed by atoms with van der Waals surface area (Å²) in [5.41, 5.74) is 5.89. The summed E-state index contributed by atoms with van der Waals surface area (Å²) in [7, 11) is -4.06. The highest BCUT2D eigenvalue weighted by Gasteiger charge is 2.19. The molecule has 0 amide bonds. The fourth-order valence-electron chi connectivity index (χ4n) is 1.66. The number of halogens is 3. The lowest BCUT2D eigenvalue weighted by molar-refractivity contribution is 0.556. The van der Waals surface area contributed by atoms with E-state index in [0.717, 1.165) is 12.1 Å². The van der Waals surface area contributed by atoms with E-state index >= 15 is 0 Å². The lowest BCUT2D eigenvalue weighted by atomic mass is 10.2. The molecule has 0 aromatic heterocycles. The van der Waals surface area contributed by atoms with Crippen molar-refractivity contribution >= 4 is 31.6 Å². The van der Waals surface area contributed by atoms with Gasteiger partial charge in [-0.2, -0.15) is 0 Å². The molecule has 0 radical (unpaired) electrons. The molecule has 0 fully saturated rings. The van der Waals surface area contributed by atoms with Gasteiger partial charge in [0, 0.05) is 16.7 Å². The van der Waals surface area contributed by atoms with Crippen LogP contribution in [0.5, 0.6) is 0 Å². The van der Waals surface area contributed by atoms with Crippen LogP contribution in [0.2, 0.25) is 0 Å². The summed E-state index contributed by atoms with van der Waals surface area (Å²) in [5, 5.41) is 0. The van der Waals surface area contributed by atoms with Crippen LogP contribution in [0.15, 0.2) is 45.8 Å². The Kier molecular flexibility index (Phi) is 4.60. The Morgan fingerprint density at radius 2 is 1.86 bits per heavy atom. The van der Waals surface area contributed by atoms with Gasteiger partial charge in [0.25, 0.3) is 0 Å². The van der Waals surface area contributed by atoms with Crippen molar-refractivity contribution in [3.05, 3.63) is 58.1 Å². The normalized spacial score (nSPS) is 11.6. The zero-order valence-corrected chi connectivity index (χ0v) is 13.0. The third-order valence-electron chi connectivity index (χ3n) is 2.71. The van der Waals surface area contributed by atoms with Crippen LogP contribution in [0.25, 0.3) is 0 Å². The van der Waals surface area contributed by atoms with E-state index in [0.29, 0.717) is 10.0 Å². The van der Waals surface area contributed by atoms with Crippen LogP contribution in [-0.2, 0) is 16.6 Å². The molecule has 2 aromatic rings. The molecule has 4 nitrogen and oxygen atoms in total. The van der Waals surface area contributed by atoms with Crippen LogP contribution in [0.1, 0.15) is 5.56 Å². The summed E-state index contributed by atoms with van der Waals surface area (Å²) in [6, 6.07) is 7.17. The number of sulfonamides is 1. The Balaban J connectivity index is 2.24. The van der Waals surface area contributed by atoms with Gasteiger partial charge in [0.2, 0.25) is 10.0 Å². The smallest absolute Gasteiger partial charge is 0.243 e. The number of anilines is 1. The maximum Gasteiger partial charge on any atom is 0.243 e. The van der Waals surface area contributed by atoms with Gasteiger partial charge < -0.3 is 5.73 Å². The minimum atomic E-state index is -4.06. The molecule has 8 heteroatoms. The highest BCUT2D eigenvalue weighted by Crippen LogP contribution is 2.20. The molecule has 0 heterocycles. The number of rotatable bonds is 4. The summed E-state index contributed by atoms with van der Waals surface area (Å²) >= 11 is 3.19. The lowest BCUT2D eigenvalue weighted by Gasteiger charge is -2.09. The van der Waals surface area contributed by atoms with Crippen molar-refractivity contribution in [2.45, 2.75) is 11.4 Å². The van der Waals surface area contributed by atoms with E-state index in [2.05, 4.69) is 20.7 Å². The number of hydrogen-bond acceptors (Lipinski definition) is 3. The number of nitrogens with two attached hydrogens (primary N) is 1. The van der Waals surface area contributed by atoms with E-state index < -0.39 is 26.6 Å². The highest BCUT2D eigenvalue weighted by atomic mass is 79.9. The predicted molar refractivity (Wildman–Crippen MR) is 78.9 cm³/mol. The van der Waals surface area contributed by atoms with E-state index in [-0.39, 0.29) is 12.2 Å². The van der Waals surface area contributed by atoms with Gasteiger partial charge in [-0.3, -0.25) is 0 Å². The van der Waals surface area contributed by atoms with Gasteiger partial charge in [-0.15, -0.1) is 0 Å². The molecular formula is C13H11BrF2N2O2S. The van der Waals surface area contributed by atoms with Crippen molar-refractivity contribution in [2.75, 3.05) is 5.73 Å². The maximum atomic E-state index is 13.6. The van der Waals surface area contributed by atoms with Crippen molar-refractivity contribution in [2.24, 2.45) is 0 Å². The number of hydrogen-bond donors (Lipinski definition) is 2. The Bertz CT molecular complexity index is 782. The molecule has 0 spiro atoms. The first-order valence-corrected chi connectivity index (χ1v) is 8.06. The SMILES string of the molecule is Nc1ccc(S(=O)(=O)NCc2cc(F)ccc2Br)c(F)c1. The van der Waals surface area contributed by atoms with Gasteiger partial charge in [-0.1, -0.05) is 15.9 Å². The molecule has 0 aliphatic rings. The second-order valence-electron chi connectivity index (χ2n) is 4.25. The second kappa shape index (κ2) is 6.08. The zero-order chi connectivity index (χ0) is 15.6. The van der Waals surface area contributed by atoms with Gasteiger partial charge in [-0.05, 0) is 42.0 Å². The minimum absolute atomic E-state index is 0.124. The molecule has 0 unspecified atom stereocenters. The fourth-order valence-corrected chi connectivity index (χ4v) is 3.11. The van der Waals surface area contributed by atoms with Gasteiger partial charge in [-0.25, -0.2) is 21.9 Å². The summed E-state index contributed by atoms with van der Waals surface area (Å²) in [6.07, 6.45) is 0. The van der Waals surface area contributed by atoms with Crippen molar-refractivity contribution in [1.82, 2.24) is 4.72 Å². The molecule has 0 atom stereocenters. The van der Waals surface area contributed by atoms with E-state index in [9.17, 15) is 17.2 Å². The Morgan fingerprint density at radius 1 is 1.14 bits per heavy atom. The maximum absolute atomic E-state index is 13.6. The number of nitrogen functional groups attached to an aromatic ring is 1. The lowest BCUT2D eigenvalue weighted by Crippen LogP contribution is -2.24. The average molecular weight is 377 g/mol. The zero-order valence-electron chi connectivity index (χ0n) is 10.6. The van der Waals surface area contributed by atoms with Crippen LogP contribution in [0, 0.1) is 11.6 Å². The molecule has 0 saturated heterocycles. The molecule has 0 aliphatic heterocycles. The molecule has 2 aromatic carbocycles. The van der Waals surface area contributed by atoms with E-state index in [1.165, 1.54) is 24.3 Å². The first-order chi connectivity index (χ1) is 9.79. The topological polar surface area (TPSA) is 72.2 Å². The quantitative estimate of drug-likeness (QED) is 0.805. The molecule has 0 saturated carbocycles. The number of benzene rings is 2. The first-order valence-electron chi connectivity index (χ1n) is 5.78. The minimum Gasteiger partial charge on any atom is -0.399 e. The Morgan fingerprint density at radius 3 is 2.52 bits per heavy atom. The average Bonchev–Trinajstić information content (AvgIpc) is 2.39. The monoisotopic (exact) mass is 376 g/mol. The summed E-state index contributed by atoms with van der Waals surface area (Å²) < 4.78 is 53.6. The van der Waals surface area contributed by atoms with Crippen molar-refractivity contribution in [3.63, 3.8) is 0 Å². The third kappa shape index (κ3) is 3.78. The molecule has 0 bridgehead atoms. The van der Waals surface area contributed by atoms with Crippen LogP contribution >= 0.6 is 15.9 Å². The molecule has 0 aliphatic carbocycles. The van der Waals surface area contributed by atoms with E-state index in [1.807, 2.05) is 0 Å². The molecule has 112 valence electrons. The highest BCUT2D eigenvalue weighted by molar-refractivity contribution is 9.10. The standard InChI is InChI=1S/C13H11BrF2N2O2S/c14-11-3-1-9(15)5-8(11)7-18-21(19,20)13-4-2-10(17)6-12(13)16/h1-6,18H,7,17H2. The fraction of sp³-hybridized carbons (Fsp3) is 0.0769. The second-order valence-corrected chi connectivity index (χ2v) is 6.84. The Hall–Kier alpha value is -1.51. The van der Waals surface area contributed by atoms with E-state index in [1.54, 1.807) is 0 Å². The van der Waals surface area contributed by atoms with Gasteiger partial charge in [0.1, 0.15) is 16.5 Å². The number of nitrogens with one attached hydrogen (secondary N) is 1. The van der Waals surface area contributed by atoms with Crippen LogP contribution in [0.4, 0.5) is 14.5 Å². The Labute approximate surface area is 129 Å². The van der Waals surface area contributed by atoms with Crippen LogP contribution in [-0.4, -0.2) is 8.42 Å². The van der Waals surface area contributed by atoms with Crippen molar-refractivity contribution in [3.8, 4) is 0 Å². The van der Waals surface area contributed by atoms with E-state index in [4.69, 9.17) is 5.73 Å². The molecular weight excluding hydrogens is 366 g/mol.